The lowest BCUT2D eigenvalue weighted by Crippen LogP contribution is -2.70. The number of anilines is 1. The molecule has 0 aliphatic carbocycles. The van der Waals surface area contributed by atoms with E-state index >= 15 is 0 Å². The highest BCUT2D eigenvalue weighted by Crippen LogP contribution is 2.40. The minimum atomic E-state index is -1.12. The van der Waals surface area contributed by atoms with Gasteiger partial charge < -0.3 is 15.7 Å². The Balaban J connectivity index is 1.37. The molecule has 0 bridgehead atoms. The van der Waals surface area contributed by atoms with Crippen molar-refractivity contribution in [3.8, 4) is 0 Å². The van der Waals surface area contributed by atoms with Crippen molar-refractivity contribution in [2.24, 2.45) is 0 Å². The zero-order valence-corrected chi connectivity index (χ0v) is 15.8. The maximum atomic E-state index is 12.4. The summed E-state index contributed by atoms with van der Waals surface area (Å²) in [4.78, 5) is 41.6. The zero-order chi connectivity index (χ0) is 19.8. The van der Waals surface area contributed by atoms with Gasteiger partial charge in [0.05, 0.1) is 12.1 Å². The van der Waals surface area contributed by atoms with Gasteiger partial charge in [0.25, 0.3) is 5.91 Å². The molecule has 0 radical (unpaired) electrons. The highest BCUT2D eigenvalue weighted by atomic mass is 32.2. The highest BCUT2D eigenvalue weighted by Gasteiger charge is 2.53. The number of hydrogen-bond donors (Lipinski definition) is 3. The number of pyridine rings is 1. The molecule has 0 saturated carbocycles. The molecule has 144 valence electrons. The number of hydrogen-bond acceptors (Lipinski definition) is 6. The monoisotopic (exact) mass is 398 g/mol. The number of fused-ring (bicyclic) bond motifs is 2. The van der Waals surface area contributed by atoms with Gasteiger partial charge in [-0.25, -0.2) is 4.79 Å². The first-order chi connectivity index (χ1) is 13.5. The van der Waals surface area contributed by atoms with Crippen molar-refractivity contribution < 1.29 is 19.5 Å². The van der Waals surface area contributed by atoms with Crippen LogP contribution in [0.15, 0.2) is 47.8 Å². The molecular weight excluding hydrogens is 380 g/mol. The third kappa shape index (κ3) is 3.18. The predicted molar refractivity (Wildman–Crippen MR) is 106 cm³/mol. The van der Waals surface area contributed by atoms with Gasteiger partial charge in [-0.3, -0.25) is 19.5 Å². The lowest BCUT2D eigenvalue weighted by molar-refractivity contribution is -0.150. The number of β-lactam (4-membered cyclic amide) rings is 1. The minimum absolute atomic E-state index is 0.00753. The van der Waals surface area contributed by atoms with E-state index in [1.807, 2.05) is 30.3 Å². The van der Waals surface area contributed by atoms with Crippen LogP contribution in [0.2, 0.25) is 0 Å². The summed E-state index contributed by atoms with van der Waals surface area (Å²) < 4.78 is 0. The number of carboxylic acid groups (broad SMARTS) is 1. The van der Waals surface area contributed by atoms with Gasteiger partial charge in [-0.1, -0.05) is 6.07 Å². The van der Waals surface area contributed by atoms with Crippen molar-refractivity contribution in [3.63, 3.8) is 0 Å². The van der Waals surface area contributed by atoms with Crippen LogP contribution < -0.4 is 10.6 Å². The molecule has 1 fully saturated rings. The Bertz CT molecular complexity index is 1020. The van der Waals surface area contributed by atoms with Crippen LogP contribution >= 0.6 is 11.8 Å². The fraction of sp³-hybridized carbons (Fsp3) is 0.263. The third-order valence-electron chi connectivity index (χ3n) is 4.73. The first-order valence-electron chi connectivity index (χ1n) is 8.71. The number of amides is 2. The van der Waals surface area contributed by atoms with Crippen LogP contribution in [0.25, 0.3) is 10.9 Å². The van der Waals surface area contributed by atoms with E-state index in [4.69, 9.17) is 0 Å². The Kier molecular flexibility index (Phi) is 4.68. The van der Waals surface area contributed by atoms with Crippen LogP contribution in [0.5, 0.6) is 0 Å². The number of aliphatic carboxylic acids is 1. The summed E-state index contributed by atoms with van der Waals surface area (Å²) in [5, 5.41) is 15.7. The Morgan fingerprint density at radius 1 is 1.36 bits per heavy atom. The number of rotatable bonds is 5. The quantitative estimate of drug-likeness (QED) is 0.653. The van der Waals surface area contributed by atoms with E-state index in [1.165, 1.54) is 16.7 Å². The third-order valence-corrected chi connectivity index (χ3v) is 6.16. The number of nitrogens with zero attached hydrogens (tertiary/aromatic N) is 2. The molecule has 2 aliphatic rings. The Morgan fingerprint density at radius 3 is 2.96 bits per heavy atom. The van der Waals surface area contributed by atoms with Crippen LogP contribution in [-0.2, 0) is 14.4 Å². The van der Waals surface area contributed by atoms with Crippen molar-refractivity contribution in [1.82, 2.24) is 15.2 Å². The molecule has 2 aromatic rings. The lowest BCUT2D eigenvalue weighted by Gasteiger charge is -2.49. The van der Waals surface area contributed by atoms with E-state index in [9.17, 15) is 19.5 Å². The molecule has 1 aromatic carbocycles. The number of thioether (sulfide) groups is 1. The van der Waals surface area contributed by atoms with Crippen LogP contribution in [0.3, 0.4) is 0 Å². The van der Waals surface area contributed by atoms with Crippen molar-refractivity contribution in [3.05, 3.63) is 47.8 Å². The Morgan fingerprint density at radius 2 is 2.18 bits per heavy atom. The zero-order valence-electron chi connectivity index (χ0n) is 15.0. The lowest BCUT2D eigenvalue weighted by atomic mass is 10.0. The largest absolute Gasteiger partial charge is 0.477 e. The number of carbonyl (C=O) groups excluding carboxylic acids is 2. The summed E-state index contributed by atoms with van der Waals surface area (Å²) in [5.41, 5.74) is 2.32. The molecule has 1 saturated heterocycles. The first-order valence-corrected chi connectivity index (χ1v) is 9.76. The number of carbonyl (C=O) groups is 3. The first kappa shape index (κ1) is 18.3. The summed E-state index contributed by atoms with van der Waals surface area (Å²) in [6, 6.07) is 8.67. The maximum absolute atomic E-state index is 12.4. The normalized spacial score (nSPS) is 21.2. The van der Waals surface area contributed by atoms with E-state index in [-0.39, 0.29) is 29.4 Å². The molecule has 3 heterocycles. The summed E-state index contributed by atoms with van der Waals surface area (Å²) in [6.07, 6.45) is 1.72. The molecule has 4 rings (SSSR count). The average Bonchev–Trinajstić information content (AvgIpc) is 2.69. The van der Waals surface area contributed by atoms with Crippen LogP contribution in [0.1, 0.15) is 6.92 Å². The fourth-order valence-corrected chi connectivity index (χ4v) is 4.66. The van der Waals surface area contributed by atoms with Crippen LogP contribution in [0, 0.1) is 0 Å². The summed E-state index contributed by atoms with van der Waals surface area (Å²) >= 11 is 1.45. The predicted octanol–water partition coefficient (Wildman–Crippen LogP) is 1.41. The number of benzene rings is 1. The second-order valence-corrected chi connectivity index (χ2v) is 7.76. The number of aromatic nitrogens is 1. The van der Waals surface area contributed by atoms with Crippen LogP contribution in [0.4, 0.5) is 5.69 Å². The molecule has 1 unspecified atom stereocenters. The number of carboxylic acids is 1. The second-order valence-electron chi connectivity index (χ2n) is 6.65. The SMILES string of the molecule is CC1=C(C(=O)O)N2C(=O)C(NC(=O)CNc3ccc4ncccc4c3)[C@@H]2SC1. The van der Waals surface area contributed by atoms with Gasteiger partial charge >= 0.3 is 5.97 Å². The van der Waals surface area contributed by atoms with Gasteiger partial charge in [0.2, 0.25) is 5.91 Å². The molecule has 3 N–H and O–H groups in total. The Labute approximate surface area is 165 Å². The molecule has 2 atom stereocenters. The molecule has 1 aromatic heterocycles. The van der Waals surface area contributed by atoms with Gasteiger partial charge in [0, 0.05) is 23.0 Å². The topological polar surface area (TPSA) is 112 Å². The van der Waals surface area contributed by atoms with Crippen molar-refractivity contribution in [2.45, 2.75) is 18.3 Å². The van der Waals surface area contributed by atoms with E-state index in [2.05, 4.69) is 15.6 Å². The van der Waals surface area contributed by atoms with Crippen molar-refractivity contribution in [2.75, 3.05) is 17.6 Å². The van der Waals surface area contributed by atoms with Gasteiger partial charge in [-0.15, -0.1) is 11.8 Å². The molecule has 9 heteroatoms. The minimum Gasteiger partial charge on any atom is -0.477 e. The molecule has 2 aliphatic heterocycles. The Hall–Kier alpha value is -3.07. The molecule has 2 amide bonds. The molecule has 0 spiro atoms. The van der Waals surface area contributed by atoms with Gasteiger partial charge in [0.1, 0.15) is 17.1 Å². The fourth-order valence-electron chi connectivity index (χ4n) is 3.37. The van der Waals surface area contributed by atoms with Crippen LogP contribution in [-0.4, -0.2) is 56.5 Å². The molecular formula is C19H18N4O4S. The van der Waals surface area contributed by atoms with E-state index in [1.54, 1.807) is 13.1 Å². The van der Waals surface area contributed by atoms with Gasteiger partial charge in [-0.2, -0.15) is 0 Å². The van der Waals surface area contributed by atoms with Gasteiger partial charge in [0.15, 0.2) is 0 Å². The highest BCUT2D eigenvalue weighted by molar-refractivity contribution is 8.00. The van der Waals surface area contributed by atoms with E-state index in [0.29, 0.717) is 11.3 Å². The summed E-state index contributed by atoms with van der Waals surface area (Å²) in [6.45, 7) is 1.71. The maximum Gasteiger partial charge on any atom is 0.352 e. The number of nitrogens with one attached hydrogen (secondary N) is 2. The molecule has 8 nitrogen and oxygen atoms in total. The second kappa shape index (κ2) is 7.16. The molecule has 28 heavy (non-hydrogen) atoms. The van der Waals surface area contributed by atoms with E-state index < -0.39 is 12.0 Å². The van der Waals surface area contributed by atoms with Crippen molar-refractivity contribution >= 4 is 46.1 Å². The summed E-state index contributed by atoms with van der Waals surface area (Å²) in [7, 11) is 0. The van der Waals surface area contributed by atoms with Gasteiger partial charge in [-0.05, 0) is 36.8 Å². The smallest absolute Gasteiger partial charge is 0.352 e. The van der Waals surface area contributed by atoms with Crippen molar-refractivity contribution in [1.29, 1.82) is 0 Å². The standard InChI is InChI=1S/C19H18N4O4S/c1-10-9-28-18-15(17(25)23(18)16(10)19(26)27)22-14(24)8-21-12-4-5-13-11(7-12)3-2-6-20-13/h2-7,15,18,21H,8-9H2,1H3,(H,22,24)(H,26,27)/t15?,18-/m0/s1. The van der Waals surface area contributed by atoms with E-state index in [0.717, 1.165) is 16.6 Å². The average molecular weight is 398 g/mol. The summed E-state index contributed by atoms with van der Waals surface area (Å²) in [5.74, 6) is -1.31.